The Morgan fingerprint density at radius 2 is 2.19 bits per heavy atom. The zero-order valence-corrected chi connectivity index (χ0v) is 10.6. The Morgan fingerprint density at radius 1 is 1.56 bits per heavy atom. The Balaban J connectivity index is 2.76. The first-order valence-electron chi connectivity index (χ1n) is 5.26. The second-order valence-electron chi connectivity index (χ2n) is 4.28. The minimum atomic E-state index is -0.925. The summed E-state index contributed by atoms with van der Waals surface area (Å²) in [6.45, 7) is 6.15. The molecule has 1 aliphatic rings. The van der Waals surface area contributed by atoms with E-state index in [0.29, 0.717) is 18.2 Å². The third-order valence-electron chi connectivity index (χ3n) is 2.58. The molecule has 0 aromatic rings. The average Bonchev–Trinajstić information content (AvgIpc) is 2.64. The Bertz CT molecular complexity index is 294. The van der Waals surface area contributed by atoms with E-state index in [4.69, 9.17) is 5.11 Å². The van der Waals surface area contributed by atoms with E-state index in [-0.39, 0.29) is 5.91 Å². The summed E-state index contributed by atoms with van der Waals surface area (Å²) >= 11 is 1.48. The van der Waals surface area contributed by atoms with Gasteiger partial charge in [-0.1, -0.05) is 6.92 Å². The van der Waals surface area contributed by atoms with Crippen LogP contribution in [-0.4, -0.2) is 51.6 Å². The molecule has 0 saturated carbocycles. The quantitative estimate of drug-likeness (QED) is 0.749. The molecule has 0 radical (unpaired) electrons. The summed E-state index contributed by atoms with van der Waals surface area (Å²) < 4.78 is 0. The number of carbonyl (C=O) groups is 2. The van der Waals surface area contributed by atoms with E-state index in [0.717, 1.165) is 0 Å². The highest BCUT2D eigenvalue weighted by atomic mass is 32.2. The molecule has 1 rings (SSSR count). The fourth-order valence-corrected chi connectivity index (χ4v) is 2.87. The lowest BCUT2D eigenvalue weighted by Crippen LogP contribution is -2.56. The highest BCUT2D eigenvalue weighted by Crippen LogP contribution is 2.24. The largest absolute Gasteiger partial charge is 0.480 e. The number of carbonyl (C=O) groups excluding carboxylic acids is 1. The fourth-order valence-electron chi connectivity index (χ4n) is 1.72. The number of carboxylic acid groups (broad SMARTS) is 1. The van der Waals surface area contributed by atoms with Gasteiger partial charge < -0.3 is 15.3 Å². The van der Waals surface area contributed by atoms with Gasteiger partial charge >= 0.3 is 5.97 Å². The van der Waals surface area contributed by atoms with Crippen molar-refractivity contribution in [3.63, 3.8) is 0 Å². The third kappa shape index (κ3) is 2.68. The van der Waals surface area contributed by atoms with Crippen LogP contribution in [0.15, 0.2) is 0 Å². The molecule has 5 nitrogen and oxygen atoms in total. The number of likely N-dealkylation sites (N-methyl/N-ethyl adjacent to an activating group) is 1. The van der Waals surface area contributed by atoms with Gasteiger partial charge in [0.2, 0.25) is 5.91 Å². The molecule has 6 heteroatoms. The monoisotopic (exact) mass is 246 g/mol. The van der Waals surface area contributed by atoms with E-state index < -0.39 is 17.6 Å². The Morgan fingerprint density at radius 3 is 2.69 bits per heavy atom. The molecule has 1 saturated heterocycles. The second-order valence-corrected chi connectivity index (χ2v) is 5.28. The molecule has 0 aliphatic carbocycles. The van der Waals surface area contributed by atoms with Crippen LogP contribution in [0.1, 0.15) is 20.8 Å². The van der Waals surface area contributed by atoms with Crippen LogP contribution in [0.5, 0.6) is 0 Å². The lowest BCUT2D eigenvalue weighted by molar-refractivity contribution is -0.150. The van der Waals surface area contributed by atoms with Crippen LogP contribution in [0.2, 0.25) is 0 Å². The molecule has 1 atom stereocenters. The van der Waals surface area contributed by atoms with Gasteiger partial charge in [0.25, 0.3) is 0 Å². The summed E-state index contributed by atoms with van der Waals surface area (Å²) in [5, 5.41) is 12.1. The van der Waals surface area contributed by atoms with E-state index in [1.807, 2.05) is 6.92 Å². The van der Waals surface area contributed by atoms with Crippen LogP contribution in [0.3, 0.4) is 0 Å². The molecule has 1 aliphatic heterocycles. The van der Waals surface area contributed by atoms with Crippen molar-refractivity contribution in [2.24, 2.45) is 0 Å². The summed E-state index contributed by atoms with van der Waals surface area (Å²) in [6, 6.07) is -0.685. The van der Waals surface area contributed by atoms with Gasteiger partial charge in [0, 0.05) is 5.75 Å². The standard InChI is InChI=1S/C10H18N2O3S/c1-4-11-10(2,3)9(15)12-6-16-5-7(12)8(13)14/h7,11H,4-6H2,1-3H3,(H,13,14)/t7-/m0/s1. The van der Waals surface area contributed by atoms with E-state index in [2.05, 4.69) is 5.32 Å². The molecular formula is C10H18N2O3S. The van der Waals surface area contributed by atoms with E-state index >= 15 is 0 Å². The number of hydrogen-bond acceptors (Lipinski definition) is 4. The Hall–Kier alpha value is -0.750. The number of nitrogens with zero attached hydrogens (tertiary/aromatic N) is 1. The van der Waals surface area contributed by atoms with Crippen molar-refractivity contribution >= 4 is 23.6 Å². The number of thioether (sulfide) groups is 1. The molecule has 1 heterocycles. The zero-order valence-electron chi connectivity index (χ0n) is 9.82. The molecule has 0 aromatic heterocycles. The van der Waals surface area contributed by atoms with Crippen molar-refractivity contribution < 1.29 is 14.7 Å². The first kappa shape index (κ1) is 13.3. The molecular weight excluding hydrogens is 228 g/mol. The summed E-state index contributed by atoms with van der Waals surface area (Å²) in [5.74, 6) is -0.133. The summed E-state index contributed by atoms with van der Waals surface area (Å²) in [6.07, 6.45) is 0. The fraction of sp³-hybridized carbons (Fsp3) is 0.800. The topological polar surface area (TPSA) is 69.6 Å². The highest BCUT2D eigenvalue weighted by molar-refractivity contribution is 7.99. The number of hydrogen-bond donors (Lipinski definition) is 2. The molecule has 0 bridgehead atoms. The minimum absolute atomic E-state index is 0.147. The van der Waals surface area contributed by atoms with Crippen LogP contribution in [0, 0.1) is 0 Å². The molecule has 2 N–H and O–H groups in total. The third-order valence-corrected chi connectivity index (χ3v) is 3.59. The Kier molecular flexibility index (Phi) is 4.21. The molecule has 0 spiro atoms. The van der Waals surface area contributed by atoms with Gasteiger partial charge in [-0.25, -0.2) is 4.79 Å². The van der Waals surface area contributed by atoms with E-state index in [1.165, 1.54) is 16.7 Å². The zero-order chi connectivity index (χ0) is 12.3. The maximum Gasteiger partial charge on any atom is 0.327 e. The molecule has 1 amide bonds. The first-order valence-corrected chi connectivity index (χ1v) is 6.42. The summed E-state index contributed by atoms with van der Waals surface area (Å²) in [7, 11) is 0. The van der Waals surface area contributed by atoms with Gasteiger partial charge in [-0.05, 0) is 20.4 Å². The van der Waals surface area contributed by atoms with Crippen LogP contribution in [0.4, 0.5) is 0 Å². The van der Waals surface area contributed by atoms with Crippen molar-refractivity contribution in [2.45, 2.75) is 32.4 Å². The summed E-state index contributed by atoms with van der Waals surface area (Å²) in [5.41, 5.74) is -0.701. The molecule has 0 unspecified atom stereocenters. The number of rotatable bonds is 4. The SMILES string of the molecule is CCNC(C)(C)C(=O)N1CSC[C@H]1C(=O)O. The van der Waals surface area contributed by atoms with Crippen molar-refractivity contribution in [1.29, 1.82) is 0 Å². The van der Waals surface area contributed by atoms with Gasteiger partial charge in [0.15, 0.2) is 0 Å². The van der Waals surface area contributed by atoms with Gasteiger partial charge in [0.1, 0.15) is 6.04 Å². The van der Waals surface area contributed by atoms with Gasteiger partial charge in [-0.3, -0.25) is 4.79 Å². The second kappa shape index (κ2) is 5.05. The van der Waals surface area contributed by atoms with Gasteiger partial charge in [-0.15, -0.1) is 11.8 Å². The van der Waals surface area contributed by atoms with Crippen molar-refractivity contribution in [1.82, 2.24) is 10.2 Å². The lowest BCUT2D eigenvalue weighted by Gasteiger charge is -2.31. The van der Waals surface area contributed by atoms with Gasteiger partial charge in [0.05, 0.1) is 11.4 Å². The summed E-state index contributed by atoms with van der Waals surface area (Å²) in [4.78, 5) is 24.6. The number of nitrogens with one attached hydrogen (secondary N) is 1. The van der Waals surface area contributed by atoms with Crippen LogP contribution in [0.25, 0.3) is 0 Å². The minimum Gasteiger partial charge on any atom is -0.480 e. The maximum atomic E-state index is 12.2. The molecule has 16 heavy (non-hydrogen) atoms. The van der Waals surface area contributed by atoms with Crippen molar-refractivity contribution in [3.8, 4) is 0 Å². The van der Waals surface area contributed by atoms with Crippen LogP contribution >= 0.6 is 11.8 Å². The van der Waals surface area contributed by atoms with E-state index in [1.54, 1.807) is 13.8 Å². The number of amides is 1. The van der Waals surface area contributed by atoms with Crippen molar-refractivity contribution in [3.05, 3.63) is 0 Å². The van der Waals surface area contributed by atoms with Crippen LogP contribution in [-0.2, 0) is 9.59 Å². The van der Waals surface area contributed by atoms with Gasteiger partial charge in [-0.2, -0.15) is 0 Å². The normalized spacial score (nSPS) is 21.2. The number of carboxylic acids is 1. The molecule has 0 aromatic carbocycles. The smallest absolute Gasteiger partial charge is 0.327 e. The maximum absolute atomic E-state index is 12.2. The highest BCUT2D eigenvalue weighted by Gasteiger charge is 2.40. The van der Waals surface area contributed by atoms with E-state index in [9.17, 15) is 9.59 Å². The first-order chi connectivity index (χ1) is 7.40. The lowest BCUT2D eigenvalue weighted by atomic mass is 10.0. The van der Waals surface area contributed by atoms with Crippen LogP contribution < -0.4 is 5.32 Å². The molecule has 92 valence electrons. The van der Waals surface area contributed by atoms with Crippen molar-refractivity contribution in [2.75, 3.05) is 18.2 Å². The Labute approximate surface area is 99.6 Å². The predicted octanol–water partition coefficient (Wildman–Crippen LogP) is 0.361. The average molecular weight is 246 g/mol. The molecule has 1 fully saturated rings. The number of aliphatic carboxylic acids is 1. The predicted molar refractivity (Wildman–Crippen MR) is 63.4 cm³/mol.